The summed E-state index contributed by atoms with van der Waals surface area (Å²) in [5.41, 5.74) is -0.593. The molecule has 2 saturated carbocycles. The Morgan fingerprint density at radius 2 is 1.79 bits per heavy atom. The maximum atomic E-state index is 13.3. The Morgan fingerprint density at radius 1 is 1.03 bits per heavy atom. The van der Waals surface area contributed by atoms with E-state index in [0.717, 1.165) is 31.4 Å². The molecule has 5 rings (SSSR count). The largest absolute Gasteiger partial charge is 0.497 e. The van der Waals surface area contributed by atoms with Crippen molar-refractivity contribution in [2.75, 3.05) is 33.9 Å². The number of nitrogens with one attached hydrogen (secondary N) is 1. The molecule has 10 heteroatoms. The van der Waals surface area contributed by atoms with Crippen LogP contribution in [0.2, 0.25) is 0 Å². The Morgan fingerprint density at radius 3 is 2.45 bits per heavy atom. The zero-order valence-electron chi connectivity index (χ0n) is 21.4. The van der Waals surface area contributed by atoms with Crippen LogP contribution in [0.5, 0.6) is 17.2 Å². The van der Waals surface area contributed by atoms with Gasteiger partial charge in [-0.25, -0.2) is 0 Å². The van der Waals surface area contributed by atoms with Crippen molar-refractivity contribution in [3.05, 3.63) is 53.1 Å². The Hall–Kier alpha value is -3.43. The highest BCUT2D eigenvalue weighted by atomic mass is 19.4. The lowest BCUT2D eigenvalue weighted by Crippen LogP contribution is -2.52. The molecular weight excluding hydrogens is 501 g/mol. The monoisotopic (exact) mass is 532 g/mol. The van der Waals surface area contributed by atoms with Crippen LogP contribution in [0.4, 0.5) is 13.2 Å². The van der Waals surface area contributed by atoms with Crippen molar-refractivity contribution in [1.82, 2.24) is 10.2 Å². The van der Waals surface area contributed by atoms with Gasteiger partial charge in [0, 0.05) is 30.3 Å². The van der Waals surface area contributed by atoms with Gasteiger partial charge in [0.2, 0.25) is 0 Å². The fraction of sp³-hybridized carbons (Fsp3) is 0.500. The number of halogens is 3. The molecule has 7 nitrogen and oxygen atoms in total. The van der Waals surface area contributed by atoms with E-state index in [2.05, 4.69) is 5.32 Å². The lowest BCUT2D eigenvalue weighted by molar-refractivity contribution is -0.137. The number of nitrogens with zero attached hydrogens (tertiary/aromatic N) is 1. The summed E-state index contributed by atoms with van der Waals surface area (Å²) < 4.78 is 55.9. The Labute approximate surface area is 219 Å². The van der Waals surface area contributed by atoms with Crippen molar-refractivity contribution in [3.8, 4) is 17.2 Å². The lowest BCUT2D eigenvalue weighted by atomic mass is 9.65. The van der Waals surface area contributed by atoms with Crippen molar-refractivity contribution >= 4 is 11.8 Å². The molecule has 1 spiro atoms. The van der Waals surface area contributed by atoms with Crippen molar-refractivity contribution in [2.45, 2.75) is 44.3 Å². The first-order valence-electron chi connectivity index (χ1n) is 12.8. The van der Waals surface area contributed by atoms with Crippen molar-refractivity contribution in [1.29, 1.82) is 0 Å². The van der Waals surface area contributed by atoms with E-state index in [9.17, 15) is 22.8 Å². The summed E-state index contributed by atoms with van der Waals surface area (Å²) in [7, 11) is 2.83. The molecular formula is C28H31F3N2O5. The van der Waals surface area contributed by atoms with Gasteiger partial charge in [-0.2, -0.15) is 13.2 Å². The second kappa shape index (κ2) is 10.0. The molecule has 1 N–H and O–H groups in total. The number of ether oxygens (including phenoxy) is 3. The minimum Gasteiger partial charge on any atom is -0.497 e. The number of benzene rings is 2. The molecule has 3 aliphatic rings. The van der Waals surface area contributed by atoms with Crippen LogP contribution in [0.1, 0.15) is 58.4 Å². The lowest BCUT2D eigenvalue weighted by Gasteiger charge is -2.45. The number of amides is 2. The van der Waals surface area contributed by atoms with Crippen LogP contribution in [0.15, 0.2) is 36.4 Å². The molecule has 0 unspecified atom stereocenters. The van der Waals surface area contributed by atoms with E-state index in [4.69, 9.17) is 14.2 Å². The average molecular weight is 533 g/mol. The van der Waals surface area contributed by atoms with E-state index in [1.807, 2.05) is 4.90 Å². The van der Waals surface area contributed by atoms with E-state index >= 15 is 0 Å². The summed E-state index contributed by atoms with van der Waals surface area (Å²) in [5.74, 6) is 1.05. The van der Waals surface area contributed by atoms with Crippen LogP contribution < -0.4 is 19.5 Å². The molecule has 0 aromatic heterocycles. The predicted octanol–water partition coefficient (Wildman–Crippen LogP) is 4.94. The van der Waals surface area contributed by atoms with E-state index in [-0.39, 0.29) is 28.7 Å². The minimum absolute atomic E-state index is 0.0281. The Bertz CT molecular complexity index is 1220. The van der Waals surface area contributed by atoms with E-state index in [0.29, 0.717) is 55.5 Å². The first-order valence-corrected chi connectivity index (χ1v) is 12.8. The summed E-state index contributed by atoms with van der Waals surface area (Å²) >= 11 is 0. The molecule has 2 aromatic carbocycles. The second-order valence-corrected chi connectivity index (χ2v) is 10.6. The van der Waals surface area contributed by atoms with Gasteiger partial charge < -0.3 is 24.4 Å². The van der Waals surface area contributed by atoms with E-state index < -0.39 is 17.6 Å². The van der Waals surface area contributed by atoms with Gasteiger partial charge in [0.25, 0.3) is 11.8 Å². The van der Waals surface area contributed by atoms with Crippen LogP contribution in [-0.4, -0.2) is 56.7 Å². The third kappa shape index (κ3) is 5.54. The number of carbonyl (C=O) groups excluding carboxylic acids is 2. The highest BCUT2D eigenvalue weighted by molar-refractivity contribution is 5.96. The van der Waals surface area contributed by atoms with Crippen LogP contribution >= 0.6 is 0 Å². The molecule has 2 amide bonds. The molecule has 1 aliphatic heterocycles. The van der Waals surface area contributed by atoms with Gasteiger partial charge in [0.1, 0.15) is 5.75 Å². The third-order valence-electron chi connectivity index (χ3n) is 7.73. The Balaban J connectivity index is 1.18. The molecule has 38 heavy (non-hydrogen) atoms. The molecule has 2 aliphatic carbocycles. The summed E-state index contributed by atoms with van der Waals surface area (Å²) in [5, 5.41) is 2.84. The zero-order chi connectivity index (χ0) is 27.1. The standard InChI is InChI=1S/C28H31F3N2O5/c1-36-22-10-19(9-20(12-22)28(29,30)31)25(34)32-21-13-27(14-21)7-8-33(16-27)26(35)18-5-6-23(37-2)24(11-18)38-15-17-3-4-17/h5-6,9-12,17,21H,3-4,7-8,13-16H2,1-2H3,(H,32,34). The van der Waals surface area contributed by atoms with Crippen LogP contribution in [-0.2, 0) is 6.18 Å². The highest BCUT2D eigenvalue weighted by Crippen LogP contribution is 2.48. The summed E-state index contributed by atoms with van der Waals surface area (Å²) in [6.07, 6.45) is -0.131. The van der Waals surface area contributed by atoms with Gasteiger partial charge in [0.05, 0.1) is 26.4 Å². The first kappa shape index (κ1) is 26.2. The molecule has 3 fully saturated rings. The second-order valence-electron chi connectivity index (χ2n) is 10.6. The van der Waals surface area contributed by atoms with Gasteiger partial charge in [-0.05, 0) is 79.8 Å². The minimum atomic E-state index is -4.59. The SMILES string of the molecule is COc1cc(C(=O)NC2CC3(CCN(C(=O)c4ccc(OC)c(OCC5CC5)c4)C3)C2)cc(C(F)(F)F)c1. The predicted molar refractivity (Wildman–Crippen MR) is 133 cm³/mol. The van der Waals surface area contributed by atoms with E-state index in [1.54, 1.807) is 25.3 Å². The first-order chi connectivity index (χ1) is 18.1. The van der Waals surface area contributed by atoms with Crippen LogP contribution in [0.3, 0.4) is 0 Å². The molecule has 204 valence electrons. The van der Waals surface area contributed by atoms with Crippen LogP contribution in [0, 0.1) is 11.3 Å². The third-order valence-corrected chi connectivity index (χ3v) is 7.73. The topological polar surface area (TPSA) is 77.1 Å². The normalized spacial score (nSPS) is 22.7. The summed E-state index contributed by atoms with van der Waals surface area (Å²) in [6.45, 7) is 1.79. The number of carbonyl (C=O) groups is 2. The van der Waals surface area contributed by atoms with Gasteiger partial charge in [-0.15, -0.1) is 0 Å². The molecule has 2 aromatic rings. The van der Waals surface area contributed by atoms with Crippen molar-refractivity contribution in [3.63, 3.8) is 0 Å². The van der Waals surface area contributed by atoms with Crippen LogP contribution in [0.25, 0.3) is 0 Å². The number of hydrogen-bond donors (Lipinski definition) is 1. The van der Waals surface area contributed by atoms with Gasteiger partial charge >= 0.3 is 6.18 Å². The van der Waals surface area contributed by atoms with E-state index in [1.165, 1.54) is 13.2 Å². The Kier molecular flexibility index (Phi) is 6.92. The fourth-order valence-electron chi connectivity index (χ4n) is 5.41. The fourth-order valence-corrected chi connectivity index (χ4v) is 5.41. The number of hydrogen-bond acceptors (Lipinski definition) is 5. The van der Waals surface area contributed by atoms with Gasteiger partial charge in [0.15, 0.2) is 11.5 Å². The van der Waals surface area contributed by atoms with Gasteiger partial charge in [-0.1, -0.05) is 0 Å². The molecule has 1 saturated heterocycles. The number of rotatable bonds is 8. The number of likely N-dealkylation sites (tertiary alicyclic amines) is 1. The zero-order valence-corrected chi connectivity index (χ0v) is 21.4. The molecule has 0 atom stereocenters. The maximum Gasteiger partial charge on any atom is 0.416 e. The summed E-state index contributed by atoms with van der Waals surface area (Å²) in [4.78, 5) is 27.8. The molecule has 0 bridgehead atoms. The number of methoxy groups -OCH3 is 2. The molecule has 1 heterocycles. The maximum absolute atomic E-state index is 13.3. The molecule has 0 radical (unpaired) electrons. The van der Waals surface area contributed by atoms with Crippen molar-refractivity contribution < 1.29 is 37.0 Å². The average Bonchev–Trinajstić information content (AvgIpc) is 3.61. The van der Waals surface area contributed by atoms with Gasteiger partial charge in [-0.3, -0.25) is 9.59 Å². The smallest absolute Gasteiger partial charge is 0.416 e. The summed E-state index contributed by atoms with van der Waals surface area (Å²) in [6, 6.07) is 8.06. The number of alkyl halides is 3. The highest BCUT2D eigenvalue weighted by Gasteiger charge is 2.50. The quantitative estimate of drug-likeness (QED) is 0.522. The van der Waals surface area contributed by atoms with Crippen molar-refractivity contribution in [2.24, 2.45) is 11.3 Å².